The van der Waals surface area contributed by atoms with Gasteiger partial charge in [0.2, 0.25) is 0 Å². The Morgan fingerprint density at radius 1 is 1.13 bits per heavy atom. The summed E-state index contributed by atoms with van der Waals surface area (Å²) in [6, 6.07) is 10.6. The van der Waals surface area contributed by atoms with Crippen molar-refractivity contribution in [2.45, 2.75) is 45.6 Å². The maximum atomic E-state index is 5.98. The van der Waals surface area contributed by atoms with Gasteiger partial charge in [-0.25, -0.2) is 0 Å². The van der Waals surface area contributed by atoms with E-state index in [0.717, 1.165) is 84.1 Å². The van der Waals surface area contributed by atoms with Gasteiger partial charge in [-0.3, -0.25) is 4.99 Å². The summed E-state index contributed by atoms with van der Waals surface area (Å²) >= 11 is 0. The van der Waals surface area contributed by atoms with Crippen molar-refractivity contribution >= 4 is 35.6 Å². The lowest BCUT2D eigenvalue weighted by Crippen LogP contribution is -2.47. The van der Waals surface area contributed by atoms with E-state index < -0.39 is 0 Å². The molecule has 1 N–H and O–H groups in total. The van der Waals surface area contributed by atoms with Gasteiger partial charge in [-0.05, 0) is 51.7 Å². The highest BCUT2D eigenvalue weighted by Crippen LogP contribution is 2.15. The molecule has 1 fully saturated rings. The summed E-state index contributed by atoms with van der Waals surface area (Å²) in [6.07, 6.45) is 4.52. The predicted molar refractivity (Wildman–Crippen MR) is 137 cm³/mol. The van der Waals surface area contributed by atoms with Gasteiger partial charge in [-0.2, -0.15) is 0 Å². The van der Waals surface area contributed by atoms with Crippen LogP contribution in [0.5, 0.6) is 0 Å². The zero-order valence-electron chi connectivity index (χ0n) is 19.0. The van der Waals surface area contributed by atoms with Crippen LogP contribution in [0, 0.1) is 0 Å². The van der Waals surface area contributed by atoms with Crippen LogP contribution in [0.15, 0.2) is 35.3 Å². The molecule has 30 heavy (non-hydrogen) atoms. The van der Waals surface area contributed by atoms with E-state index in [-0.39, 0.29) is 24.0 Å². The summed E-state index contributed by atoms with van der Waals surface area (Å²) in [6.45, 7) is 11.7. The van der Waals surface area contributed by atoms with Crippen LogP contribution in [0.4, 0.5) is 5.69 Å². The minimum atomic E-state index is 0. The number of nitrogens with one attached hydrogen (secondary N) is 1. The molecule has 1 aliphatic heterocycles. The van der Waals surface area contributed by atoms with Crippen molar-refractivity contribution in [3.8, 4) is 0 Å². The Morgan fingerprint density at radius 2 is 1.87 bits per heavy atom. The van der Waals surface area contributed by atoms with E-state index in [9.17, 15) is 0 Å². The lowest BCUT2D eigenvalue weighted by Gasteiger charge is -2.34. The Balaban J connectivity index is 0.00000450. The lowest BCUT2D eigenvalue weighted by atomic mass is 10.1. The molecule has 0 spiro atoms. The van der Waals surface area contributed by atoms with E-state index in [1.54, 1.807) is 7.11 Å². The fourth-order valence-electron chi connectivity index (χ4n) is 3.67. The average Bonchev–Trinajstić information content (AvgIpc) is 2.77. The van der Waals surface area contributed by atoms with Crippen LogP contribution >= 0.6 is 24.0 Å². The number of benzene rings is 1. The topological polar surface area (TPSA) is 49.3 Å². The van der Waals surface area contributed by atoms with Gasteiger partial charge in [0, 0.05) is 65.3 Å². The SMILES string of the molecule is CCNC(=NCCCN(CC)c1ccccc1)N1CCC(OCCCOC)CC1.I. The molecule has 0 saturated carbocycles. The molecule has 0 radical (unpaired) electrons. The molecule has 0 aliphatic carbocycles. The van der Waals surface area contributed by atoms with Gasteiger partial charge in [0.25, 0.3) is 0 Å². The minimum absolute atomic E-state index is 0. The third kappa shape index (κ3) is 9.83. The summed E-state index contributed by atoms with van der Waals surface area (Å²) < 4.78 is 11.1. The van der Waals surface area contributed by atoms with Crippen LogP contribution in [0.2, 0.25) is 0 Å². The largest absolute Gasteiger partial charge is 0.385 e. The Labute approximate surface area is 200 Å². The Morgan fingerprint density at radius 3 is 2.50 bits per heavy atom. The number of piperidine rings is 1. The Bertz CT molecular complexity index is 566. The molecule has 2 rings (SSSR count). The van der Waals surface area contributed by atoms with Crippen LogP contribution in [0.1, 0.15) is 39.5 Å². The van der Waals surface area contributed by atoms with E-state index in [1.807, 2.05) is 0 Å². The molecular formula is C23H41IN4O2. The van der Waals surface area contributed by atoms with Crippen LogP contribution in [0.3, 0.4) is 0 Å². The monoisotopic (exact) mass is 532 g/mol. The second-order valence-corrected chi connectivity index (χ2v) is 7.41. The van der Waals surface area contributed by atoms with Crippen molar-refractivity contribution in [3.05, 3.63) is 30.3 Å². The van der Waals surface area contributed by atoms with Gasteiger partial charge in [-0.15, -0.1) is 24.0 Å². The quantitative estimate of drug-likeness (QED) is 0.191. The zero-order valence-corrected chi connectivity index (χ0v) is 21.3. The molecule has 0 amide bonds. The zero-order chi connectivity index (χ0) is 20.7. The van der Waals surface area contributed by atoms with Crippen LogP contribution in [-0.2, 0) is 9.47 Å². The van der Waals surface area contributed by atoms with E-state index in [2.05, 4.69) is 59.3 Å². The third-order valence-corrected chi connectivity index (χ3v) is 5.27. The number of nitrogens with zero attached hydrogens (tertiary/aromatic N) is 3. The first-order chi connectivity index (χ1) is 14.3. The molecule has 1 aliphatic rings. The number of aliphatic imine (C=N–C) groups is 1. The number of likely N-dealkylation sites (tertiary alicyclic amines) is 1. The first-order valence-corrected chi connectivity index (χ1v) is 11.2. The highest BCUT2D eigenvalue weighted by atomic mass is 127. The van der Waals surface area contributed by atoms with E-state index in [0.29, 0.717) is 6.10 Å². The second-order valence-electron chi connectivity index (χ2n) is 7.41. The molecule has 0 atom stereocenters. The summed E-state index contributed by atoms with van der Waals surface area (Å²) in [5, 5.41) is 3.47. The molecule has 1 heterocycles. The third-order valence-electron chi connectivity index (χ3n) is 5.27. The molecule has 6 nitrogen and oxygen atoms in total. The number of rotatable bonds is 12. The number of anilines is 1. The van der Waals surface area contributed by atoms with Gasteiger partial charge >= 0.3 is 0 Å². The van der Waals surface area contributed by atoms with Crippen LogP contribution < -0.4 is 10.2 Å². The number of methoxy groups -OCH3 is 1. The fourth-order valence-corrected chi connectivity index (χ4v) is 3.67. The van der Waals surface area contributed by atoms with Crippen molar-refractivity contribution in [3.63, 3.8) is 0 Å². The molecular weight excluding hydrogens is 491 g/mol. The average molecular weight is 533 g/mol. The van der Waals surface area contributed by atoms with Gasteiger partial charge in [0.1, 0.15) is 0 Å². The van der Waals surface area contributed by atoms with E-state index in [4.69, 9.17) is 14.5 Å². The molecule has 1 saturated heterocycles. The smallest absolute Gasteiger partial charge is 0.193 e. The maximum Gasteiger partial charge on any atom is 0.193 e. The first-order valence-electron chi connectivity index (χ1n) is 11.2. The van der Waals surface area contributed by atoms with Crippen LogP contribution in [0.25, 0.3) is 0 Å². The molecule has 0 bridgehead atoms. The molecule has 172 valence electrons. The fraction of sp³-hybridized carbons (Fsp3) is 0.696. The number of hydrogen-bond donors (Lipinski definition) is 1. The number of ether oxygens (including phenoxy) is 2. The summed E-state index contributed by atoms with van der Waals surface area (Å²) in [5.41, 5.74) is 1.29. The normalized spacial score (nSPS) is 15.0. The molecule has 7 heteroatoms. The van der Waals surface area contributed by atoms with Crippen molar-refractivity contribution in [1.29, 1.82) is 0 Å². The molecule has 0 unspecified atom stereocenters. The highest BCUT2D eigenvalue weighted by molar-refractivity contribution is 14.0. The summed E-state index contributed by atoms with van der Waals surface area (Å²) in [4.78, 5) is 9.69. The van der Waals surface area contributed by atoms with Crippen molar-refractivity contribution in [2.75, 3.05) is 64.5 Å². The maximum absolute atomic E-state index is 5.98. The number of halogens is 1. The number of guanidine groups is 1. The standard InChI is InChI=1S/C23H40N4O2.HI/c1-4-24-23(27-17-13-22(14-18-27)29-20-10-19-28-3)25-15-9-16-26(5-2)21-11-7-6-8-12-21;/h6-8,11-12,22H,4-5,9-10,13-20H2,1-3H3,(H,24,25);1H. The number of para-hydroxylation sites is 1. The van der Waals surface area contributed by atoms with Crippen LogP contribution in [-0.4, -0.2) is 76.6 Å². The first kappa shape index (κ1) is 27.0. The van der Waals surface area contributed by atoms with Gasteiger partial charge in [0.05, 0.1) is 6.10 Å². The van der Waals surface area contributed by atoms with Gasteiger partial charge in [0.15, 0.2) is 5.96 Å². The summed E-state index contributed by atoms with van der Waals surface area (Å²) in [5.74, 6) is 1.05. The highest BCUT2D eigenvalue weighted by Gasteiger charge is 2.21. The van der Waals surface area contributed by atoms with Gasteiger partial charge in [-0.1, -0.05) is 18.2 Å². The van der Waals surface area contributed by atoms with Crippen molar-refractivity contribution in [1.82, 2.24) is 10.2 Å². The number of hydrogen-bond acceptors (Lipinski definition) is 4. The van der Waals surface area contributed by atoms with E-state index >= 15 is 0 Å². The summed E-state index contributed by atoms with van der Waals surface area (Å²) in [7, 11) is 1.74. The second kappa shape index (κ2) is 16.6. The molecule has 1 aromatic rings. The van der Waals surface area contributed by atoms with E-state index in [1.165, 1.54) is 5.69 Å². The van der Waals surface area contributed by atoms with Crippen molar-refractivity contribution < 1.29 is 9.47 Å². The van der Waals surface area contributed by atoms with Gasteiger partial charge < -0.3 is 24.6 Å². The Kier molecular flexibility index (Phi) is 14.9. The minimum Gasteiger partial charge on any atom is -0.385 e. The van der Waals surface area contributed by atoms with Crippen molar-refractivity contribution in [2.24, 2.45) is 4.99 Å². The Hall–Kier alpha value is -1.06. The molecule has 1 aromatic carbocycles. The molecule has 0 aromatic heterocycles. The predicted octanol–water partition coefficient (Wildman–Crippen LogP) is 4.00. The lowest BCUT2D eigenvalue weighted by molar-refractivity contribution is 0.00991.